The highest BCUT2D eigenvalue weighted by atomic mass is 32.1. The fraction of sp³-hybridized carbons (Fsp3) is 0.533. The minimum atomic E-state index is -0.929. The molecule has 1 fully saturated rings. The number of carboxylic acids is 1. The van der Waals surface area contributed by atoms with E-state index >= 15 is 0 Å². The lowest BCUT2D eigenvalue weighted by Gasteiger charge is -2.31. The van der Waals surface area contributed by atoms with Gasteiger partial charge in [0, 0.05) is 15.8 Å². The smallest absolute Gasteiger partial charge is 0.328 e. The van der Waals surface area contributed by atoms with E-state index in [9.17, 15) is 4.79 Å². The van der Waals surface area contributed by atoms with Crippen LogP contribution in [-0.4, -0.2) is 29.4 Å². The lowest BCUT2D eigenvalue weighted by molar-refractivity contribution is -0.131. The van der Waals surface area contributed by atoms with Gasteiger partial charge in [0.25, 0.3) is 0 Å². The summed E-state index contributed by atoms with van der Waals surface area (Å²) in [7, 11) is 0. The topological polar surface area (TPSA) is 55.8 Å². The Bertz CT molecular complexity index is 470. The molecule has 1 aromatic heterocycles. The number of hydrogen-bond donors (Lipinski definition) is 1. The quantitative estimate of drug-likeness (QED) is 0.847. The summed E-state index contributed by atoms with van der Waals surface area (Å²) >= 11 is 1.56. The van der Waals surface area contributed by atoms with E-state index in [1.807, 2.05) is 12.1 Å². The minimum absolute atomic E-state index is 0.244. The molecule has 0 amide bonds. The van der Waals surface area contributed by atoms with Crippen molar-refractivity contribution in [3.8, 4) is 0 Å². The van der Waals surface area contributed by atoms with Crippen LogP contribution in [0.2, 0.25) is 0 Å². The summed E-state index contributed by atoms with van der Waals surface area (Å²) in [6.45, 7) is 4.73. The summed E-state index contributed by atoms with van der Waals surface area (Å²) in [5.74, 6) is -0.929. The molecule has 0 saturated carbocycles. The predicted molar refractivity (Wildman–Crippen MR) is 78.8 cm³/mol. The minimum Gasteiger partial charge on any atom is -0.478 e. The molecule has 0 bridgehead atoms. The van der Waals surface area contributed by atoms with Gasteiger partial charge in [0.2, 0.25) is 0 Å². The molecule has 2 heterocycles. The SMILES string of the molecule is CC1CC(OCc2ccc(/C=C/C(=O)O)s2)CC(C)O1. The van der Waals surface area contributed by atoms with Gasteiger partial charge < -0.3 is 14.6 Å². The molecule has 2 atom stereocenters. The average Bonchev–Trinajstić information content (AvgIpc) is 2.81. The van der Waals surface area contributed by atoms with E-state index in [0.29, 0.717) is 6.61 Å². The fourth-order valence-electron chi connectivity index (χ4n) is 2.40. The van der Waals surface area contributed by atoms with Gasteiger partial charge in [-0.3, -0.25) is 0 Å². The van der Waals surface area contributed by atoms with Gasteiger partial charge in [-0.05, 0) is 44.9 Å². The monoisotopic (exact) mass is 296 g/mol. The third kappa shape index (κ3) is 4.74. The first kappa shape index (κ1) is 15.2. The highest BCUT2D eigenvalue weighted by Gasteiger charge is 2.24. The molecular formula is C15H20O4S. The van der Waals surface area contributed by atoms with Gasteiger partial charge in [-0.1, -0.05) is 0 Å². The van der Waals surface area contributed by atoms with Crippen LogP contribution in [0.5, 0.6) is 0 Å². The van der Waals surface area contributed by atoms with Crippen LogP contribution in [0.4, 0.5) is 0 Å². The van der Waals surface area contributed by atoms with Gasteiger partial charge in [0.15, 0.2) is 0 Å². The third-order valence-electron chi connectivity index (χ3n) is 3.19. The molecule has 0 aliphatic carbocycles. The van der Waals surface area contributed by atoms with Crippen LogP contribution in [0.15, 0.2) is 18.2 Å². The Morgan fingerprint density at radius 3 is 2.80 bits per heavy atom. The van der Waals surface area contributed by atoms with Crippen molar-refractivity contribution < 1.29 is 19.4 Å². The zero-order valence-corrected chi connectivity index (χ0v) is 12.6. The zero-order chi connectivity index (χ0) is 14.5. The molecule has 1 aromatic rings. The normalized spacial score (nSPS) is 27.0. The van der Waals surface area contributed by atoms with E-state index in [-0.39, 0.29) is 18.3 Å². The number of aliphatic carboxylic acids is 1. The van der Waals surface area contributed by atoms with Crippen LogP contribution < -0.4 is 0 Å². The van der Waals surface area contributed by atoms with E-state index in [1.165, 1.54) is 0 Å². The summed E-state index contributed by atoms with van der Waals surface area (Å²) in [6, 6.07) is 3.90. The van der Waals surface area contributed by atoms with Crippen molar-refractivity contribution in [2.45, 2.75) is 51.6 Å². The van der Waals surface area contributed by atoms with Crippen molar-refractivity contribution >= 4 is 23.4 Å². The van der Waals surface area contributed by atoms with Crippen molar-refractivity contribution in [3.05, 3.63) is 28.0 Å². The molecule has 2 rings (SSSR count). The number of carbonyl (C=O) groups is 1. The van der Waals surface area contributed by atoms with Gasteiger partial charge in [-0.25, -0.2) is 4.79 Å². The summed E-state index contributed by atoms with van der Waals surface area (Å²) in [5, 5.41) is 8.59. The molecule has 5 heteroatoms. The lowest BCUT2D eigenvalue weighted by atomic mass is 10.0. The van der Waals surface area contributed by atoms with Crippen molar-refractivity contribution in [2.75, 3.05) is 0 Å². The molecule has 1 aliphatic heterocycles. The molecule has 0 aromatic carbocycles. The van der Waals surface area contributed by atoms with Crippen LogP contribution in [0, 0.1) is 0 Å². The molecular weight excluding hydrogens is 276 g/mol. The molecule has 110 valence electrons. The molecule has 0 radical (unpaired) electrons. The molecule has 1 saturated heterocycles. The Labute approximate surface area is 123 Å². The van der Waals surface area contributed by atoms with Crippen LogP contribution in [0.25, 0.3) is 6.08 Å². The average molecular weight is 296 g/mol. The van der Waals surface area contributed by atoms with Crippen LogP contribution in [0.3, 0.4) is 0 Å². The van der Waals surface area contributed by atoms with E-state index < -0.39 is 5.97 Å². The van der Waals surface area contributed by atoms with Gasteiger partial charge in [-0.15, -0.1) is 11.3 Å². The summed E-state index contributed by atoms with van der Waals surface area (Å²) < 4.78 is 11.6. The maximum Gasteiger partial charge on any atom is 0.328 e. The molecule has 1 aliphatic rings. The number of rotatable bonds is 5. The van der Waals surface area contributed by atoms with Crippen molar-refractivity contribution in [1.29, 1.82) is 0 Å². The van der Waals surface area contributed by atoms with Gasteiger partial charge in [0.05, 0.1) is 24.9 Å². The zero-order valence-electron chi connectivity index (χ0n) is 11.7. The Hall–Kier alpha value is -1.17. The first-order valence-electron chi connectivity index (χ1n) is 6.79. The van der Waals surface area contributed by atoms with Gasteiger partial charge in [-0.2, -0.15) is 0 Å². The van der Waals surface area contributed by atoms with E-state index in [0.717, 1.165) is 28.7 Å². The van der Waals surface area contributed by atoms with Crippen LogP contribution in [0.1, 0.15) is 36.4 Å². The first-order chi connectivity index (χ1) is 9.52. The second kappa shape index (κ2) is 7.02. The van der Waals surface area contributed by atoms with Crippen LogP contribution >= 0.6 is 11.3 Å². The number of thiophene rings is 1. The Balaban J connectivity index is 1.83. The number of carboxylic acid groups (broad SMARTS) is 1. The molecule has 4 nitrogen and oxygen atoms in total. The van der Waals surface area contributed by atoms with Crippen molar-refractivity contribution in [1.82, 2.24) is 0 Å². The molecule has 0 spiro atoms. The first-order valence-corrected chi connectivity index (χ1v) is 7.61. The maximum atomic E-state index is 10.5. The Morgan fingerprint density at radius 1 is 1.45 bits per heavy atom. The standard InChI is InChI=1S/C15H20O4S/c1-10-7-12(8-11(2)19-10)18-9-14-4-3-13(20-14)5-6-15(16)17/h3-6,10-12H,7-9H2,1-2H3,(H,16,17)/b6-5+. The van der Waals surface area contributed by atoms with E-state index in [4.69, 9.17) is 14.6 Å². The van der Waals surface area contributed by atoms with Crippen LogP contribution in [-0.2, 0) is 20.9 Å². The largest absolute Gasteiger partial charge is 0.478 e. The number of ether oxygens (including phenoxy) is 2. The van der Waals surface area contributed by atoms with Gasteiger partial charge >= 0.3 is 5.97 Å². The summed E-state index contributed by atoms with van der Waals surface area (Å²) in [6.07, 6.45) is 5.37. The maximum absolute atomic E-state index is 10.5. The van der Waals surface area contributed by atoms with E-state index in [2.05, 4.69) is 13.8 Å². The Kier molecular flexibility index (Phi) is 5.34. The lowest BCUT2D eigenvalue weighted by Crippen LogP contribution is -2.33. The second-order valence-electron chi connectivity index (χ2n) is 5.14. The van der Waals surface area contributed by atoms with Crippen molar-refractivity contribution in [3.63, 3.8) is 0 Å². The fourth-order valence-corrected chi connectivity index (χ4v) is 3.23. The second-order valence-corrected chi connectivity index (χ2v) is 6.34. The predicted octanol–water partition coefficient (Wildman–Crippen LogP) is 3.32. The molecule has 1 N–H and O–H groups in total. The van der Waals surface area contributed by atoms with E-state index in [1.54, 1.807) is 17.4 Å². The van der Waals surface area contributed by atoms with Gasteiger partial charge in [0.1, 0.15) is 0 Å². The highest BCUT2D eigenvalue weighted by molar-refractivity contribution is 7.12. The molecule has 20 heavy (non-hydrogen) atoms. The highest BCUT2D eigenvalue weighted by Crippen LogP contribution is 2.24. The summed E-state index contributed by atoms with van der Waals surface area (Å²) in [5.41, 5.74) is 0. The Morgan fingerprint density at radius 2 is 2.15 bits per heavy atom. The summed E-state index contributed by atoms with van der Waals surface area (Å²) in [4.78, 5) is 12.5. The third-order valence-corrected chi connectivity index (χ3v) is 4.21. The van der Waals surface area contributed by atoms with Crippen molar-refractivity contribution in [2.24, 2.45) is 0 Å². The number of hydrogen-bond acceptors (Lipinski definition) is 4. The molecule has 2 unspecified atom stereocenters.